The van der Waals surface area contributed by atoms with Crippen LogP contribution in [0, 0.1) is 12.8 Å². The Kier molecular flexibility index (Phi) is 4.40. The third-order valence-electron chi connectivity index (χ3n) is 5.67. The highest BCUT2D eigenvalue weighted by molar-refractivity contribution is 7.70. The topological polar surface area (TPSA) is 16.1 Å². The molecule has 132 valence electrons. The molecule has 1 aliphatic heterocycles. The average Bonchev–Trinajstić information content (AvgIpc) is 3.40. The van der Waals surface area contributed by atoms with Crippen molar-refractivity contribution in [2.75, 3.05) is 0 Å². The normalized spacial score (nSPS) is 25.2. The Morgan fingerprint density at radius 3 is 2.19 bits per heavy atom. The first kappa shape index (κ1) is 16.6. The number of benzene rings is 2. The molecule has 1 saturated carbocycles. The number of fused-ring (bicyclic) bond motifs is 2. The molecule has 2 aromatic carbocycles. The van der Waals surface area contributed by atoms with Crippen LogP contribution in [0.1, 0.15) is 36.0 Å². The zero-order valence-electron chi connectivity index (χ0n) is 15.0. The van der Waals surface area contributed by atoms with Crippen molar-refractivity contribution >= 4 is 30.0 Å². The standard InChI is InChI=1S/C22H23N2PS/c1-16-15-26-22(23-16)21-17-12-13-18(14-17)24(21)25(19-8-4-2-5-9-19)20-10-6-3-7-11-20/h2-11,15,17-18,21H,12-14H2,1H3/t17-,18+,21-/m1/s1. The minimum atomic E-state index is -0.520. The number of piperidine rings is 1. The van der Waals surface area contributed by atoms with E-state index in [0.29, 0.717) is 12.1 Å². The summed E-state index contributed by atoms with van der Waals surface area (Å²) in [7, 11) is -0.520. The summed E-state index contributed by atoms with van der Waals surface area (Å²) in [6, 6.07) is 23.4. The van der Waals surface area contributed by atoms with Crippen LogP contribution in [-0.4, -0.2) is 15.7 Å². The lowest BCUT2D eigenvalue weighted by Gasteiger charge is -2.40. The molecule has 0 spiro atoms. The van der Waals surface area contributed by atoms with Gasteiger partial charge in [0.2, 0.25) is 0 Å². The van der Waals surface area contributed by atoms with Crippen LogP contribution >= 0.6 is 19.4 Å². The molecular weight excluding hydrogens is 355 g/mol. The number of aryl methyl sites for hydroxylation is 1. The molecule has 5 rings (SSSR count). The summed E-state index contributed by atoms with van der Waals surface area (Å²) in [5, 5.41) is 6.46. The largest absolute Gasteiger partial charge is 0.262 e. The van der Waals surface area contributed by atoms with Gasteiger partial charge >= 0.3 is 0 Å². The second-order valence-corrected chi connectivity index (χ2v) is 10.4. The summed E-state index contributed by atoms with van der Waals surface area (Å²) in [5.41, 5.74) is 1.16. The molecule has 0 radical (unpaired) electrons. The van der Waals surface area contributed by atoms with Gasteiger partial charge in [-0.15, -0.1) is 11.3 Å². The van der Waals surface area contributed by atoms with Crippen LogP contribution in [0.3, 0.4) is 0 Å². The summed E-state index contributed by atoms with van der Waals surface area (Å²) in [6.07, 6.45) is 4.03. The maximum Gasteiger partial charge on any atom is 0.111 e. The molecule has 2 fully saturated rings. The van der Waals surface area contributed by atoms with Gasteiger partial charge in [-0.1, -0.05) is 60.7 Å². The molecule has 2 bridgehead atoms. The lowest BCUT2D eigenvalue weighted by Crippen LogP contribution is -2.37. The van der Waals surface area contributed by atoms with E-state index in [9.17, 15) is 0 Å². The number of rotatable bonds is 4. The molecule has 1 saturated heterocycles. The second kappa shape index (κ2) is 6.88. The number of thiazole rings is 1. The third-order valence-corrected chi connectivity index (χ3v) is 9.32. The summed E-state index contributed by atoms with van der Waals surface area (Å²) < 4.78 is 2.85. The maximum atomic E-state index is 4.92. The Balaban J connectivity index is 1.63. The molecule has 0 unspecified atom stereocenters. The molecule has 26 heavy (non-hydrogen) atoms. The van der Waals surface area contributed by atoms with E-state index in [4.69, 9.17) is 4.98 Å². The van der Waals surface area contributed by atoms with E-state index in [-0.39, 0.29) is 0 Å². The maximum absolute atomic E-state index is 4.92. The first-order valence-electron chi connectivity index (χ1n) is 9.42. The summed E-state index contributed by atoms with van der Waals surface area (Å²) in [5.74, 6) is 0.767. The van der Waals surface area contributed by atoms with Crippen LogP contribution in [0.15, 0.2) is 66.0 Å². The van der Waals surface area contributed by atoms with Gasteiger partial charge in [-0.05, 0) is 42.7 Å². The highest BCUT2D eigenvalue weighted by Crippen LogP contribution is 2.60. The van der Waals surface area contributed by atoms with Gasteiger partial charge in [-0.25, -0.2) is 4.98 Å². The molecule has 2 aliphatic rings. The minimum absolute atomic E-state index is 0.485. The first-order chi connectivity index (χ1) is 12.8. The van der Waals surface area contributed by atoms with Crippen molar-refractivity contribution in [2.45, 2.75) is 38.3 Å². The van der Waals surface area contributed by atoms with Crippen LogP contribution < -0.4 is 10.6 Å². The molecule has 2 nitrogen and oxygen atoms in total. The van der Waals surface area contributed by atoms with Crippen molar-refractivity contribution in [3.05, 3.63) is 76.7 Å². The fourth-order valence-corrected chi connectivity index (χ4v) is 8.51. The lowest BCUT2D eigenvalue weighted by molar-refractivity contribution is 0.261. The smallest absolute Gasteiger partial charge is 0.111 e. The highest BCUT2D eigenvalue weighted by Gasteiger charge is 2.50. The van der Waals surface area contributed by atoms with E-state index in [2.05, 4.69) is 77.6 Å². The quantitative estimate of drug-likeness (QED) is 0.592. The summed E-state index contributed by atoms with van der Waals surface area (Å²) in [6.45, 7) is 2.12. The lowest BCUT2D eigenvalue weighted by atomic mass is 10.0. The van der Waals surface area contributed by atoms with Crippen LogP contribution in [0.25, 0.3) is 0 Å². The van der Waals surface area contributed by atoms with Crippen LogP contribution in [0.4, 0.5) is 0 Å². The van der Waals surface area contributed by atoms with Gasteiger partial charge < -0.3 is 0 Å². The predicted octanol–water partition coefficient (Wildman–Crippen LogP) is 5.02. The summed E-state index contributed by atoms with van der Waals surface area (Å²) >= 11 is 1.86. The SMILES string of the molecule is Cc1csc([C@H]2[C@@H]3CC[C@@H](C3)N2P(c2ccccc2)c2ccccc2)n1. The fourth-order valence-electron chi connectivity index (χ4n) is 4.63. The number of aromatic nitrogens is 1. The van der Waals surface area contributed by atoms with Gasteiger partial charge in [0.05, 0.1) is 6.04 Å². The van der Waals surface area contributed by atoms with Crippen LogP contribution in [0.5, 0.6) is 0 Å². The van der Waals surface area contributed by atoms with Gasteiger partial charge in [-0.3, -0.25) is 4.67 Å². The van der Waals surface area contributed by atoms with Crippen molar-refractivity contribution in [1.29, 1.82) is 0 Å². The van der Waals surface area contributed by atoms with Gasteiger partial charge in [0.1, 0.15) is 5.01 Å². The van der Waals surface area contributed by atoms with E-state index in [1.165, 1.54) is 34.9 Å². The fraction of sp³-hybridized carbons (Fsp3) is 0.318. The van der Waals surface area contributed by atoms with Crippen molar-refractivity contribution in [1.82, 2.24) is 9.65 Å². The molecule has 3 atom stereocenters. The van der Waals surface area contributed by atoms with Crippen molar-refractivity contribution in [3.63, 3.8) is 0 Å². The monoisotopic (exact) mass is 378 g/mol. The zero-order chi connectivity index (χ0) is 17.5. The molecule has 2 heterocycles. The number of hydrogen-bond acceptors (Lipinski definition) is 3. The Hall–Kier alpha value is -1.54. The third kappa shape index (κ3) is 2.83. The first-order valence-corrected chi connectivity index (χ1v) is 11.6. The van der Waals surface area contributed by atoms with E-state index in [1.54, 1.807) is 0 Å². The van der Waals surface area contributed by atoms with Gasteiger partial charge in [-0.2, -0.15) is 0 Å². The van der Waals surface area contributed by atoms with Crippen molar-refractivity contribution in [3.8, 4) is 0 Å². The molecule has 0 N–H and O–H groups in total. The molecule has 3 aromatic rings. The Labute approximate surface area is 160 Å². The van der Waals surface area contributed by atoms with Crippen molar-refractivity contribution in [2.24, 2.45) is 5.92 Å². The van der Waals surface area contributed by atoms with E-state index in [0.717, 1.165) is 11.6 Å². The average molecular weight is 378 g/mol. The zero-order valence-corrected chi connectivity index (χ0v) is 16.7. The Morgan fingerprint density at radius 2 is 1.62 bits per heavy atom. The van der Waals surface area contributed by atoms with E-state index in [1.807, 2.05) is 11.3 Å². The molecule has 1 aromatic heterocycles. The summed E-state index contributed by atoms with van der Waals surface area (Å²) in [4.78, 5) is 4.92. The van der Waals surface area contributed by atoms with Crippen LogP contribution in [-0.2, 0) is 0 Å². The highest BCUT2D eigenvalue weighted by atomic mass is 32.1. The van der Waals surface area contributed by atoms with Gasteiger partial charge in [0.15, 0.2) is 0 Å². The Bertz CT molecular complexity index is 840. The Morgan fingerprint density at radius 1 is 0.962 bits per heavy atom. The molecule has 4 heteroatoms. The predicted molar refractivity (Wildman–Crippen MR) is 112 cm³/mol. The number of hydrogen-bond donors (Lipinski definition) is 0. The van der Waals surface area contributed by atoms with Crippen LogP contribution in [0.2, 0.25) is 0 Å². The molecule has 0 amide bonds. The van der Waals surface area contributed by atoms with Gasteiger partial charge in [0, 0.05) is 25.2 Å². The van der Waals surface area contributed by atoms with Gasteiger partial charge in [0.25, 0.3) is 0 Å². The minimum Gasteiger partial charge on any atom is -0.262 e. The molecule has 1 aliphatic carbocycles. The molecular formula is C22H23N2PS. The van der Waals surface area contributed by atoms with Crippen molar-refractivity contribution < 1.29 is 0 Å². The second-order valence-electron chi connectivity index (χ2n) is 7.36. The number of nitrogens with zero attached hydrogens (tertiary/aromatic N) is 2. The van der Waals surface area contributed by atoms with E-state index < -0.39 is 8.07 Å². The van der Waals surface area contributed by atoms with E-state index >= 15 is 0 Å².